The molecule has 1 heterocycles. The Bertz CT molecular complexity index is 387. The lowest BCUT2D eigenvalue weighted by Gasteiger charge is -2.17. The maximum atomic E-state index is 11.7. The number of nitrogens with zero attached hydrogens (tertiary/aromatic N) is 2. The molecule has 5 heteroatoms. The summed E-state index contributed by atoms with van der Waals surface area (Å²) in [7, 11) is 0. The van der Waals surface area contributed by atoms with E-state index in [1.165, 1.54) is 0 Å². The van der Waals surface area contributed by atoms with E-state index in [1.807, 2.05) is 0 Å². The molecule has 88 valence electrons. The number of aromatic amines is 1. The van der Waals surface area contributed by atoms with Gasteiger partial charge in [-0.25, -0.2) is 4.98 Å². The van der Waals surface area contributed by atoms with E-state index in [0.29, 0.717) is 12.5 Å². The molecule has 1 aliphatic rings. The Kier molecular flexibility index (Phi) is 2.69. The number of aromatic nitrogens is 3. The van der Waals surface area contributed by atoms with Crippen LogP contribution in [0.5, 0.6) is 0 Å². The van der Waals surface area contributed by atoms with Gasteiger partial charge in [-0.3, -0.25) is 9.89 Å². The van der Waals surface area contributed by atoms with Gasteiger partial charge in [0.1, 0.15) is 5.82 Å². The summed E-state index contributed by atoms with van der Waals surface area (Å²) in [6.45, 7) is 6.84. The van der Waals surface area contributed by atoms with E-state index < -0.39 is 0 Å². The van der Waals surface area contributed by atoms with Crippen LogP contribution in [0.15, 0.2) is 0 Å². The van der Waals surface area contributed by atoms with Crippen molar-refractivity contribution in [1.29, 1.82) is 0 Å². The Morgan fingerprint density at radius 2 is 2.19 bits per heavy atom. The summed E-state index contributed by atoms with van der Waals surface area (Å²) in [5, 5.41) is 9.58. The van der Waals surface area contributed by atoms with Crippen molar-refractivity contribution in [2.24, 2.45) is 5.41 Å². The lowest BCUT2D eigenvalue weighted by atomic mass is 9.97. The lowest BCUT2D eigenvalue weighted by Crippen LogP contribution is -2.32. The summed E-state index contributed by atoms with van der Waals surface area (Å²) < 4.78 is 0. The Morgan fingerprint density at radius 3 is 2.75 bits per heavy atom. The summed E-state index contributed by atoms with van der Waals surface area (Å²) in [4.78, 5) is 15.9. The van der Waals surface area contributed by atoms with Crippen LogP contribution in [0.4, 0.5) is 0 Å². The molecule has 2 N–H and O–H groups in total. The predicted molar refractivity (Wildman–Crippen MR) is 60.1 cm³/mol. The van der Waals surface area contributed by atoms with Crippen molar-refractivity contribution < 1.29 is 4.79 Å². The van der Waals surface area contributed by atoms with Crippen molar-refractivity contribution in [3.8, 4) is 0 Å². The van der Waals surface area contributed by atoms with Crippen molar-refractivity contribution >= 4 is 5.91 Å². The molecule has 1 fully saturated rings. The molecule has 0 bridgehead atoms. The van der Waals surface area contributed by atoms with Crippen LogP contribution in [0, 0.1) is 5.41 Å². The third kappa shape index (κ3) is 2.81. The molecule has 0 aliphatic heterocycles. The zero-order valence-electron chi connectivity index (χ0n) is 10.0. The topological polar surface area (TPSA) is 70.7 Å². The number of hydrogen-bond donors (Lipinski definition) is 2. The van der Waals surface area contributed by atoms with Crippen LogP contribution < -0.4 is 5.32 Å². The fourth-order valence-corrected chi connectivity index (χ4v) is 1.34. The van der Waals surface area contributed by atoms with Gasteiger partial charge in [0, 0.05) is 12.5 Å². The van der Waals surface area contributed by atoms with E-state index in [0.717, 1.165) is 18.7 Å². The molecule has 0 saturated heterocycles. The van der Waals surface area contributed by atoms with Gasteiger partial charge >= 0.3 is 0 Å². The van der Waals surface area contributed by atoms with Gasteiger partial charge in [-0.15, -0.1) is 5.10 Å². The number of rotatable bonds is 3. The zero-order valence-corrected chi connectivity index (χ0v) is 10.0. The first-order chi connectivity index (χ1) is 7.46. The second kappa shape index (κ2) is 3.88. The number of nitrogens with one attached hydrogen (secondary N) is 2. The van der Waals surface area contributed by atoms with Crippen molar-refractivity contribution in [1.82, 2.24) is 20.5 Å². The fourth-order valence-electron chi connectivity index (χ4n) is 1.34. The molecule has 0 radical (unpaired) electrons. The summed E-state index contributed by atoms with van der Waals surface area (Å²) >= 11 is 0. The van der Waals surface area contributed by atoms with Crippen LogP contribution in [0.25, 0.3) is 0 Å². The molecule has 1 amide bonds. The molecule has 5 nitrogen and oxygen atoms in total. The molecule has 16 heavy (non-hydrogen) atoms. The van der Waals surface area contributed by atoms with E-state index in [9.17, 15) is 4.79 Å². The summed E-state index contributed by atoms with van der Waals surface area (Å²) in [6.07, 6.45) is 2.30. The van der Waals surface area contributed by atoms with Gasteiger partial charge in [-0.05, 0) is 18.3 Å². The van der Waals surface area contributed by atoms with Crippen molar-refractivity contribution in [2.75, 3.05) is 6.54 Å². The Morgan fingerprint density at radius 1 is 1.50 bits per heavy atom. The van der Waals surface area contributed by atoms with Crippen LogP contribution in [0.1, 0.15) is 56.0 Å². The van der Waals surface area contributed by atoms with Crippen molar-refractivity contribution in [3.05, 3.63) is 11.6 Å². The highest BCUT2D eigenvalue weighted by Crippen LogP contribution is 2.37. The molecule has 1 aliphatic carbocycles. The minimum absolute atomic E-state index is 0.0747. The smallest absolute Gasteiger partial charge is 0.290 e. The quantitative estimate of drug-likeness (QED) is 0.813. The largest absolute Gasteiger partial charge is 0.349 e. The Hall–Kier alpha value is -1.39. The van der Waals surface area contributed by atoms with Crippen molar-refractivity contribution in [3.63, 3.8) is 0 Å². The normalized spacial score (nSPS) is 16.2. The second-order valence-electron chi connectivity index (χ2n) is 5.56. The van der Waals surface area contributed by atoms with E-state index in [2.05, 4.69) is 41.3 Å². The highest BCUT2D eigenvalue weighted by Gasteiger charge is 2.28. The van der Waals surface area contributed by atoms with Gasteiger partial charge in [0.2, 0.25) is 5.82 Å². The third-order valence-electron chi connectivity index (χ3n) is 2.45. The predicted octanol–water partition coefficient (Wildman–Crippen LogP) is 1.46. The monoisotopic (exact) mass is 222 g/mol. The van der Waals surface area contributed by atoms with Gasteiger partial charge in [0.25, 0.3) is 5.91 Å². The molecule has 0 unspecified atom stereocenters. The van der Waals surface area contributed by atoms with E-state index >= 15 is 0 Å². The van der Waals surface area contributed by atoms with Crippen LogP contribution in [0.3, 0.4) is 0 Å². The maximum Gasteiger partial charge on any atom is 0.290 e. The molecular weight excluding hydrogens is 204 g/mol. The van der Waals surface area contributed by atoms with Crippen LogP contribution in [-0.4, -0.2) is 27.6 Å². The first-order valence-electron chi connectivity index (χ1n) is 5.66. The highest BCUT2D eigenvalue weighted by atomic mass is 16.2. The molecule has 0 atom stereocenters. The fraction of sp³-hybridized carbons (Fsp3) is 0.727. The van der Waals surface area contributed by atoms with E-state index in [1.54, 1.807) is 0 Å². The first kappa shape index (κ1) is 11.1. The molecular formula is C11H18N4O. The zero-order chi connectivity index (χ0) is 11.8. The number of hydrogen-bond acceptors (Lipinski definition) is 3. The summed E-state index contributed by atoms with van der Waals surface area (Å²) in [5.41, 5.74) is 0.0747. The highest BCUT2D eigenvalue weighted by molar-refractivity contribution is 5.90. The molecule has 1 saturated carbocycles. The van der Waals surface area contributed by atoms with Gasteiger partial charge in [0.15, 0.2) is 0 Å². The van der Waals surface area contributed by atoms with E-state index in [-0.39, 0.29) is 17.1 Å². The van der Waals surface area contributed by atoms with Gasteiger partial charge in [-0.2, -0.15) is 0 Å². The average Bonchev–Trinajstić information content (AvgIpc) is 2.92. The van der Waals surface area contributed by atoms with Crippen LogP contribution in [-0.2, 0) is 0 Å². The lowest BCUT2D eigenvalue weighted by molar-refractivity contribution is 0.0929. The van der Waals surface area contributed by atoms with E-state index in [4.69, 9.17) is 0 Å². The summed E-state index contributed by atoms with van der Waals surface area (Å²) in [5.74, 6) is 1.40. The van der Waals surface area contributed by atoms with Crippen molar-refractivity contribution in [2.45, 2.75) is 39.5 Å². The van der Waals surface area contributed by atoms with Gasteiger partial charge < -0.3 is 5.32 Å². The summed E-state index contributed by atoms with van der Waals surface area (Å²) in [6, 6.07) is 0. The molecule has 2 rings (SSSR count). The molecule has 1 aromatic heterocycles. The maximum absolute atomic E-state index is 11.7. The minimum atomic E-state index is -0.196. The number of carbonyl (C=O) groups excluding carboxylic acids is 1. The third-order valence-corrected chi connectivity index (χ3v) is 2.45. The first-order valence-corrected chi connectivity index (χ1v) is 5.66. The SMILES string of the molecule is CC(C)(C)CNC(=O)c1n[nH]c(C2CC2)n1. The Labute approximate surface area is 95.0 Å². The van der Waals surface area contributed by atoms with Crippen LogP contribution >= 0.6 is 0 Å². The number of carbonyl (C=O) groups is 1. The molecule has 0 spiro atoms. The minimum Gasteiger partial charge on any atom is -0.349 e. The average molecular weight is 222 g/mol. The van der Waals surface area contributed by atoms with Gasteiger partial charge in [-0.1, -0.05) is 20.8 Å². The molecule has 0 aromatic carbocycles. The standard InChI is InChI=1S/C11H18N4O/c1-11(2,3)6-12-10(16)9-13-8(14-15-9)7-4-5-7/h7H,4-6H2,1-3H3,(H,12,16)(H,13,14,15). The number of H-pyrrole nitrogens is 1. The Balaban J connectivity index is 1.92. The van der Waals surface area contributed by atoms with Crippen LogP contribution in [0.2, 0.25) is 0 Å². The van der Waals surface area contributed by atoms with Gasteiger partial charge in [0.05, 0.1) is 0 Å². The number of amides is 1. The molecule has 1 aromatic rings. The second-order valence-corrected chi connectivity index (χ2v) is 5.56.